The van der Waals surface area contributed by atoms with Crippen molar-refractivity contribution in [1.82, 2.24) is 25.6 Å². The highest BCUT2D eigenvalue weighted by molar-refractivity contribution is 7.91. The second kappa shape index (κ2) is 6.36. The molecule has 2 aromatic heterocycles. The first-order valence-corrected chi connectivity index (χ1v) is 8.35. The van der Waals surface area contributed by atoms with E-state index in [0.717, 1.165) is 24.3 Å². The Kier molecular flexibility index (Phi) is 4.23. The highest BCUT2D eigenvalue weighted by atomic mass is 32.2. The van der Waals surface area contributed by atoms with Crippen molar-refractivity contribution in [3.8, 4) is 0 Å². The summed E-state index contributed by atoms with van der Waals surface area (Å²) in [6.45, 7) is 0. The fourth-order valence-electron chi connectivity index (χ4n) is 2.06. The van der Waals surface area contributed by atoms with E-state index in [1.54, 1.807) is 0 Å². The molecule has 0 amide bonds. The average Bonchev–Trinajstić information content (AvgIpc) is 3.26. The largest absolute Gasteiger partial charge is 0.352 e. The zero-order chi connectivity index (χ0) is 18.0. The third-order valence-corrected chi connectivity index (χ3v) is 5.00. The number of sulfone groups is 1. The molecule has 0 saturated heterocycles. The van der Waals surface area contributed by atoms with Crippen molar-refractivity contribution >= 4 is 21.4 Å². The molecule has 11 heteroatoms. The van der Waals surface area contributed by atoms with Crippen LogP contribution < -0.4 is 0 Å². The quantitative estimate of drug-likeness (QED) is 0.369. The summed E-state index contributed by atoms with van der Waals surface area (Å²) in [6, 6.07) is 5.57. The summed E-state index contributed by atoms with van der Waals surface area (Å²) in [6.07, 6.45) is 0.973. The molecule has 0 atom stereocenters. The van der Waals surface area contributed by atoms with Gasteiger partial charge in [0.25, 0.3) is 5.78 Å². The van der Waals surface area contributed by atoms with Gasteiger partial charge in [-0.1, -0.05) is 0 Å². The lowest BCUT2D eigenvalue weighted by Gasteiger charge is -2.01. The summed E-state index contributed by atoms with van der Waals surface area (Å²) in [5.74, 6) is -2.67. The summed E-state index contributed by atoms with van der Waals surface area (Å²) in [4.78, 5) is 26.1. The van der Waals surface area contributed by atoms with Crippen LogP contribution in [0.3, 0.4) is 0 Å². The van der Waals surface area contributed by atoms with Crippen molar-refractivity contribution in [3.05, 3.63) is 53.7 Å². The van der Waals surface area contributed by atoms with Gasteiger partial charge in [0.1, 0.15) is 10.8 Å². The van der Waals surface area contributed by atoms with Gasteiger partial charge in [-0.15, -0.1) is 10.2 Å². The molecule has 0 fully saturated rings. The van der Waals surface area contributed by atoms with Crippen molar-refractivity contribution in [2.24, 2.45) is 0 Å². The Morgan fingerprint density at radius 1 is 1.16 bits per heavy atom. The van der Waals surface area contributed by atoms with Gasteiger partial charge in [0.2, 0.25) is 21.4 Å². The standard InChI is InChI=1S/C14H10FN5O4S/c15-9-1-3-10(4-2-9)25(23,24)12-6-8(7-16-12)5-11(21)13(22)14-17-19-20-18-14/h1-4,6-7,16H,5H2,(H,17,18,19,20). The van der Waals surface area contributed by atoms with E-state index in [4.69, 9.17) is 0 Å². The third-order valence-electron chi connectivity index (χ3n) is 3.30. The number of Topliss-reactive ketones (excluding diaryl/α,β-unsaturated/α-hetero) is 2. The summed E-state index contributed by atoms with van der Waals surface area (Å²) >= 11 is 0. The van der Waals surface area contributed by atoms with Crippen molar-refractivity contribution in [2.45, 2.75) is 16.3 Å². The van der Waals surface area contributed by atoms with E-state index in [-0.39, 0.29) is 22.2 Å². The van der Waals surface area contributed by atoms with Crippen LogP contribution in [0.15, 0.2) is 46.5 Å². The smallest absolute Gasteiger partial charge is 0.269 e. The number of nitrogens with zero attached hydrogens (tertiary/aromatic N) is 3. The fourth-order valence-corrected chi connectivity index (χ4v) is 3.33. The van der Waals surface area contributed by atoms with Crippen molar-refractivity contribution in [1.29, 1.82) is 0 Å². The van der Waals surface area contributed by atoms with Crippen LogP contribution in [0.5, 0.6) is 0 Å². The summed E-state index contributed by atoms with van der Waals surface area (Å²) in [7, 11) is -3.89. The van der Waals surface area contributed by atoms with Crippen LogP contribution >= 0.6 is 0 Å². The van der Waals surface area contributed by atoms with Crippen LogP contribution in [-0.4, -0.2) is 45.6 Å². The molecule has 2 N–H and O–H groups in total. The Morgan fingerprint density at radius 3 is 2.52 bits per heavy atom. The van der Waals surface area contributed by atoms with Gasteiger partial charge < -0.3 is 4.98 Å². The van der Waals surface area contributed by atoms with E-state index in [2.05, 4.69) is 25.6 Å². The maximum Gasteiger partial charge on any atom is 0.269 e. The normalized spacial score (nSPS) is 11.4. The molecule has 0 saturated carbocycles. The highest BCUT2D eigenvalue weighted by Gasteiger charge is 2.23. The van der Waals surface area contributed by atoms with Gasteiger partial charge in [0, 0.05) is 12.6 Å². The summed E-state index contributed by atoms with van der Waals surface area (Å²) in [5, 5.41) is 11.9. The van der Waals surface area contributed by atoms with E-state index < -0.39 is 27.2 Å². The number of aromatic amines is 2. The molecule has 0 aliphatic heterocycles. The van der Waals surface area contributed by atoms with Gasteiger partial charge in [0.15, 0.2) is 0 Å². The highest BCUT2D eigenvalue weighted by Crippen LogP contribution is 2.21. The van der Waals surface area contributed by atoms with Crippen molar-refractivity contribution < 1.29 is 22.4 Å². The topological polar surface area (TPSA) is 139 Å². The maximum absolute atomic E-state index is 12.9. The predicted molar refractivity (Wildman–Crippen MR) is 79.9 cm³/mol. The Balaban J connectivity index is 1.79. The van der Waals surface area contributed by atoms with Crippen molar-refractivity contribution in [3.63, 3.8) is 0 Å². The minimum atomic E-state index is -3.89. The molecule has 3 aromatic rings. The van der Waals surface area contributed by atoms with Crippen LogP contribution in [0.2, 0.25) is 0 Å². The van der Waals surface area contributed by atoms with Gasteiger partial charge in [-0.25, -0.2) is 12.8 Å². The fraction of sp³-hybridized carbons (Fsp3) is 0.0714. The molecule has 9 nitrogen and oxygen atoms in total. The number of nitrogens with one attached hydrogen (secondary N) is 2. The molecule has 0 aliphatic rings. The first-order chi connectivity index (χ1) is 11.9. The molecule has 0 radical (unpaired) electrons. The number of carbonyl (C=O) groups is 2. The molecule has 1 aromatic carbocycles. The second-order valence-electron chi connectivity index (χ2n) is 4.99. The number of rotatable bonds is 6. The lowest BCUT2D eigenvalue weighted by Crippen LogP contribution is -2.18. The summed E-state index contributed by atoms with van der Waals surface area (Å²) in [5.41, 5.74) is 0.294. The number of benzene rings is 1. The minimum Gasteiger partial charge on any atom is -0.352 e. The van der Waals surface area contributed by atoms with Crippen LogP contribution in [0, 0.1) is 5.82 Å². The Morgan fingerprint density at radius 2 is 1.88 bits per heavy atom. The Hall–Kier alpha value is -3.21. The number of tetrazole rings is 1. The van der Waals surface area contributed by atoms with E-state index in [9.17, 15) is 22.4 Å². The SMILES string of the molecule is O=C(Cc1c[nH]c(S(=O)(=O)c2ccc(F)cc2)c1)C(=O)c1nn[nH]n1. The zero-order valence-electron chi connectivity index (χ0n) is 12.4. The first kappa shape index (κ1) is 16.6. The molecular formula is C14H10FN5O4S. The van der Waals surface area contributed by atoms with Crippen LogP contribution in [0.1, 0.15) is 16.2 Å². The van der Waals surface area contributed by atoms with Gasteiger partial charge in [-0.3, -0.25) is 9.59 Å². The summed E-state index contributed by atoms with van der Waals surface area (Å²) < 4.78 is 37.8. The lowest BCUT2D eigenvalue weighted by atomic mass is 10.1. The number of aromatic nitrogens is 5. The lowest BCUT2D eigenvalue weighted by molar-refractivity contribution is -0.114. The maximum atomic E-state index is 12.9. The minimum absolute atomic E-state index is 0.100. The Bertz CT molecular complexity index is 1030. The van der Waals surface area contributed by atoms with Crippen LogP contribution in [-0.2, 0) is 21.1 Å². The predicted octanol–water partition coefficient (Wildman–Crippen LogP) is 0.494. The number of halogens is 1. The molecular weight excluding hydrogens is 353 g/mol. The zero-order valence-corrected chi connectivity index (χ0v) is 13.2. The molecule has 3 rings (SSSR count). The molecule has 0 bridgehead atoms. The molecule has 128 valence electrons. The van der Waals surface area contributed by atoms with E-state index in [1.807, 2.05) is 0 Å². The molecule has 25 heavy (non-hydrogen) atoms. The number of ketones is 2. The third kappa shape index (κ3) is 3.35. The van der Waals surface area contributed by atoms with Crippen LogP contribution in [0.25, 0.3) is 0 Å². The van der Waals surface area contributed by atoms with Crippen molar-refractivity contribution in [2.75, 3.05) is 0 Å². The number of hydrogen-bond donors (Lipinski definition) is 2. The van der Waals surface area contributed by atoms with E-state index in [1.165, 1.54) is 12.3 Å². The molecule has 2 heterocycles. The molecule has 0 spiro atoms. The monoisotopic (exact) mass is 363 g/mol. The van der Waals surface area contributed by atoms with Gasteiger partial charge in [-0.2, -0.15) is 5.21 Å². The Labute approximate surface area is 140 Å². The van der Waals surface area contributed by atoms with E-state index in [0.29, 0.717) is 5.56 Å². The molecule has 0 unspecified atom stereocenters. The average molecular weight is 363 g/mol. The van der Waals surface area contributed by atoms with Crippen LogP contribution in [0.4, 0.5) is 4.39 Å². The molecule has 0 aliphatic carbocycles. The first-order valence-electron chi connectivity index (χ1n) is 6.87. The number of carbonyl (C=O) groups excluding carboxylic acids is 2. The van der Waals surface area contributed by atoms with Gasteiger partial charge in [0.05, 0.1) is 4.90 Å². The van der Waals surface area contributed by atoms with E-state index >= 15 is 0 Å². The second-order valence-corrected chi connectivity index (χ2v) is 6.91. The van der Waals surface area contributed by atoms with Gasteiger partial charge >= 0.3 is 0 Å². The van der Waals surface area contributed by atoms with Gasteiger partial charge in [-0.05, 0) is 41.1 Å². The number of H-pyrrole nitrogens is 2. The number of hydrogen-bond acceptors (Lipinski definition) is 7.